The van der Waals surface area contributed by atoms with Gasteiger partial charge in [-0.1, -0.05) is 36.4 Å². The lowest BCUT2D eigenvalue weighted by Gasteiger charge is -2.21. The molecule has 0 radical (unpaired) electrons. The molecule has 1 unspecified atom stereocenters. The molecular formula is C20H23NO4. The molecule has 2 rings (SSSR count). The summed E-state index contributed by atoms with van der Waals surface area (Å²) in [6.07, 6.45) is -0.867. The van der Waals surface area contributed by atoms with Crippen LogP contribution < -0.4 is 4.74 Å². The molecule has 0 bridgehead atoms. The van der Waals surface area contributed by atoms with Gasteiger partial charge < -0.3 is 14.4 Å². The molecule has 0 aromatic heterocycles. The summed E-state index contributed by atoms with van der Waals surface area (Å²) in [4.78, 5) is 26.2. The van der Waals surface area contributed by atoms with E-state index in [-0.39, 0.29) is 5.91 Å². The number of ether oxygens (including phenoxy) is 2. The number of hydrogen-bond donors (Lipinski definition) is 0. The van der Waals surface area contributed by atoms with Crippen molar-refractivity contribution in [1.82, 2.24) is 4.90 Å². The molecule has 0 saturated heterocycles. The van der Waals surface area contributed by atoms with Crippen molar-refractivity contribution in [3.8, 4) is 5.75 Å². The predicted molar refractivity (Wildman–Crippen MR) is 95.5 cm³/mol. The Hall–Kier alpha value is -2.82. The average molecular weight is 341 g/mol. The number of methoxy groups -OCH3 is 1. The number of nitrogens with zero attached hydrogens (tertiary/aromatic N) is 1. The normalized spacial score (nSPS) is 11.5. The van der Waals surface area contributed by atoms with Gasteiger partial charge in [0.1, 0.15) is 5.75 Å². The van der Waals surface area contributed by atoms with Crippen LogP contribution in [0.5, 0.6) is 5.75 Å². The largest absolute Gasteiger partial charge is 0.496 e. The lowest BCUT2D eigenvalue weighted by atomic mass is 10.1. The molecule has 0 aliphatic heterocycles. The third kappa shape index (κ3) is 4.83. The highest BCUT2D eigenvalue weighted by Crippen LogP contribution is 2.20. The number of carbonyl (C=O) groups excluding carboxylic acids is 2. The topological polar surface area (TPSA) is 55.8 Å². The van der Waals surface area contributed by atoms with Gasteiger partial charge in [-0.15, -0.1) is 0 Å². The summed E-state index contributed by atoms with van der Waals surface area (Å²) in [5.41, 5.74) is 2.29. The SMILES string of the molecule is COc1cc(C(=O)OC(C)C(=O)N(C)Cc2ccccc2)ccc1C. The van der Waals surface area contributed by atoms with Gasteiger partial charge in [-0.25, -0.2) is 4.79 Å². The van der Waals surface area contributed by atoms with Gasteiger partial charge in [0.15, 0.2) is 6.10 Å². The van der Waals surface area contributed by atoms with Crippen molar-refractivity contribution in [2.75, 3.05) is 14.2 Å². The first-order valence-corrected chi connectivity index (χ1v) is 8.07. The van der Waals surface area contributed by atoms with Crippen LogP contribution >= 0.6 is 0 Å². The molecule has 0 fully saturated rings. The van der Waals surface area contributed by atoms with Crippen molar-refractivity contribution in [2.24, 2.45) is 0 Å². The molecule has 0 N–H and O–H groups in total. The summed E-state index contributed by atoms with van der Waals surface area (Å²) in [5.74, 6) is -0.196. The Morgan fingerprint density at radius 3 is 2.44 bits per heavy atom. The molecule has 25 heavy (non-hydrogen) atoms. The van der Waals surface area contributed by atoms with Crippen LogP contribution in [0.1, 0.15) is 28.4 Å². The van der Waals surface area contributed by atoms with Gasteiger partial charge in [-0.05, 0) is 37.1 Å². The zero-order valence-electron chi connectivity index (χ0n) is 15.0. The van der Waals surface area contributed by atoms with E-state index >= 15 is 0 Å². The quantitative estimate of drug-likeness (QED) is 0.757. The summed E-state index contributed by atoms with van der Waals surface area (Å²) < 4.78 is 10.5. The van der Waals surface area contributed by atoms with Crippen LogP contribution in [0.2, 0.25) is 0 Å². The zero-order valence-corrected chi connectivity index (χ0v) is 15.0. The van der Waals surface area contributed by atoms with Gasteiger partial charge in [0.25, 0.3) is 5.91 Å². The first kappa shape index (κ1) is 18.5. The van der Waals surface area contributed by atoms with Gasteiger partial charge in [0, 0.05) is 13.6 Å². The number of amides is 1. The summed E-state index contributed by atoms with van der Waals surface area (Å²) in [7, 11) is 3.23. The van der Waals surface area contributed by atoms with Crippen molar-refractivity contribution in [3.05, 3.63) is 65.2 Å². The molecular weight excluding hydrogens is 318 g/mol. The van der Waals surface area contributed by atoms with Crippen LogP contribution in [0.15, 0.2) is 48.5 Å². The highest BCUT2D eigenvalue weighted by molar-refractivity contribution is 5.92. The van der Waals surface area contributed by atoms with Crippen LogP contribution in [0.3, 0.4) is 0 Å². The third-order valence-corrected chi connectivity index (χ3v) is 3.91. The maximum Gasteiger partial charge on any atom is 0.339 e. The average Bonchev–Trinajstić information content (AvgIpc) is 2.62. The fraction of sp³-hybridized carbons (Fsp3) is 0.300. The number of carbonyl (C=O) groups is 2. The molecule has 5 nitrogen and oxygen atoms in total. The molecule has 2 aromatic rings. The van der Waals surface area contributed by atoms with E-state index in [0.29, 0.717) is 17.9 Å². The van der Waals surface area contributed by atoms with Gasteiger partial charge in [0.2, 0.25) is 0 Å². The van der Waals surface area contributed by atoms with Gasteiger partial charge in [-0.2, -0.15) is 0 Å². The lowest BCUT2D eigenvalue weighted by Crippen LogP contribution is -2.37. The number of aryl methyl sites for hydroxylation is 1. The Morgan fingerprint density at radius 2 is 1.80 bits per heavy atom. The molecule has 132 valence electrons. The fourth-order valence-electron chi connectivity index (χ4n) is 2.47. The van der Waals surface area contributed by atoms with Crippen LogP contribution in [0.4, 0.5) is 0 Å². The zero-order chi connectivity index (χ0) is 18.4. The Kier molecular flexibility index (Phi) is 6.17. The Balaban J connectivity index is 1.99. The molecule has 0 aliphatic carbocycles. The number of benzene rings is 2. The highest BCUT2D eigenvalue weighted by Gasteiger charge is 2.22. The minimum absolute atomic E-state index is 0.253. The molecule has 1 amide bonds. The van der Waals surface area contributed by atoms with Crippen LogP contribution in [0.25, 0.3) is 0 Å². The standard InChI is InChI=1S/C20H23NO4/c1-14-10-11-17(12-18(14)24-4)20(23)25-15(2)19(22)21(3)13-16-8-6-5-7-9-16/h5-12,15H,13H2,1-4H3. The van der Waals surface area contributed by atoms with Crippen LogP contribution in [-0.4, -0.2) is 37.0 Å². The smallest absolute Gasteiger partial charge is 0.339 e. The van der Waals surface area contributed by atoms with Gasteiger partial charge in [0.05, 0.1) is 12.7 Å². The van der Waals surface area contributed by atoms with Crippen molar-refractivity contribution in [2.45, 2.75) is 26.5 Å². The van der Waals surface area contributed by atoms with Gasteiger partial charge in [-0.3, -0.25) is 4.79 Å². The third-order valence-electron chi connectivity index (χ3n) is 3.91. The summed E-state index contributed by atoms with van der Waals surface area (Å²) in [6.45, 7) is 3.92. The van der Waals surface area contributed by atoms with E-state index in [2.05, 4.69) is 0 Å². The van der Waals surface area contributed by atoms with Crippen molar-refractivity contribution in [3.63, 3.8) is 0 Å². The maximum atomic E-state index is 12.4. The predicted octanol–water partition coefficient (Wildman–Crippen LogP) is 3.21. The Bertz CT molecular complexity index is 743. The molecule has 0 spiro atoms. The number of rotatable bonds is 6. The van der Waals surface area contributed by atoms with Crippen LogP contribution in [-0.2, 0) is 16.1 Å². The lowest BCUT2D eigenvalue weighted by molar-refractivity contribution is -0.139. The molecule has 0 heterocycles. The fourth-order valence-corrected chi connectivity index (χ4v) is 2.47. The number of esters is 1. The van der Waals surface area contributed by atoms with Crippen molar-refractivity contribution in [1.29, 1.82) is 0 Å². The molecule has 2 aromatic carbocycles. The first-order chi connectivity index (χ1) is 11.9. The van der Waals surface area contributed by atoms with Crippen LogP contribution in [0, 0.1) is 6.92 Å². The second kappa shape index (κ2) is 8.33. The van der Waals surface area contributed by atoms with Gasteiger partial charge >= 0.3 is 5.97 Å². The minimum atomic E-state index is -0.867. The van der Waals surface area contributed by atoms with E-state index in [1.165, 1.54) is 0 Å². The number of likely N-dealkylation sites (N-methyl/N-ethyl adjacent to an activating group) is 1. The first-order valence-electron chi connectivity index (χ1n) is 8.07. The molecule has 0 saturated carbocycles. The summed E-state index contributed by atoms with van der Waals surface area (Å²) in [6, 6.07) is 14.7. The van der Waals surface area contributed by atoms with E-state index in [4.69, 9.17) is 9.47 Å². The molecule has 5 heteroatoms. The van der Waals surface area contributed by atoms with E-state index < -0.39 is 12.1 Å². The number of hydrogen-bond acceptors (Lipinski definition) is 4. The summed E-state index contributed by atoms with van der Waals surface area (Å²) in [5, 5.41) is 0. The van der Waals surface area contributed by atoms with E-state index in [0.717, 1.165) is 11.1 Å². The molecule has 0 aliphatic rings. The van der Waals surface area contributed by atoms with Crippen molar-refractivity contribution < 1.29 is 19.1 Å². The molecule has 1 atom stereocenters. The Morgan fingerprint density at radius 1 is 1.12 bits per heavy atom. The summed E-state index contributed by atoms with van der Waals surface area (Å²) >= 11 is 0. The van der Waals surface area contributed by atoms with E-state index in [1.54, 1.807) is 44.2 Å². The van der Waals surface area contributed by atoms with Crippen molar-refractivity contribution >= 4 is 11.9 Å². The maximum absolute atomic E-state index is 12.4. The second-order valence-corrected chi connectivity index (χ2v) is 5.91. The highest BCUT2D eigenvalue weighted by atomic mass is 16.5. The second-order valence-electron chi connectivity index (χ2n) is 5.91. The van der Waals surface area contributed by atoms with E-state index in [9.17, 15) is 9.59 Å². The minimum Gasteiger partial charge on any atom is -0.496 e. The monoisotopic (exact) mass is 341 g/mol. The Labute approximate surface area is 148 Å². The van der Waals surface area contributed by atoms with E-state index in [1.807, 2.05) is 37.3 Å².